The van der Waals surface area contributed by atoms with E-state index in [2.05, 4.69) is 5.32 Å². The Morgan fingerprint density at radius 3 is 1.94 bits per heavy atom. The van der Waals surface area contributed by atoms with E-state index in [0.717, 1.165) is 16.7 Å². The normalized spacial score (nSPS) is 11.5. The van der Waals surface area contributed by atoms with Gasteiger partial charge in [-0.2, -0.15) is 4.31 Å². The zero-order valence-electron chi connectivity index (χ0n) is 18.8. The highest BCUT2D eigenvalue weighted by molar-refractivity contribution is 7.89. The fraction of sp³-hybridized carbons (Fsp3) is 0.269. The molecular weight excluding hydrogens is 420 g/mol. The summed E-state index contributed by atoms with van der Waals surface area (Å²) in [7, 11) is -3.85. The van der Waals surface area contributed by atoms with Gasteiger partial charge < -0.3 is 5.32 Å². The van der Waals surface area contributed by atoms with Gasteiger partial charge in [-0.25, -0.2) is 8.42 Å². The van der Waals surface area contributed by atoms with E-state index in [4.69, 9.17) is 0 Å². The van der Waals surface area contributed by atoms with Crippen LogP contribution in [-0.2, 0) is 27.8 Å². The molecule has 3 rings (SSSR count). The van der Waals surface area contributed by atoms with Crippen LogP contribution in [-0.4, -0.2) is 31.7 Å². The van der Waals surface area contributed by atoms with E-state index in [1.54, 1.807) is 13.8 Å². The smallest absolute Gasteiger partial charge is 0.244 e. The van der Waals surface area contributed by atoms with Crippen LogP contribution in [0, 0.1) is 20.8 Å². The molecule has 0 saturated heterocycles. The van der Waals surface area contributed by atoms with E-state index in [9.17, 15) is 13.2 Å². The zero-order valence-corrected chi connectivity index (χ0v) is 19.7. The number of rotatable bonds is 9. The highest BCUT2D eigenvalue weighted by atomic mass is 32.2. The van der Waals surface area contributed by atoms with Crippen LogP contribution in [0.15, 0.2) is 77.7 Å². The Balaban J connectivity index is 1.83. The molecular formula is C26H30N2O3S. The average molecular weight is 451 g/mol. The Morgan fingerprint density at radius 2 is 1.38 bits per heavy atom. The highest BCUT2D eigenvalue weighted by Gasteiger charge is 2.29. The van der Waals surface area contributed by atoms with Gasteiger partial charge in [0.15, 0.2) is 0 Å². The number of benzene rings is 3. The summed E-state index contributed by atoms with van der Waals surface area (Å²) in [5.41, 5.74) is 4.38. The standard InChI is InChI=1S/C26H30N2O3S/c1-20-16-21(2)26(22(3)17-20)32(30,31)28(15-14-23-10-6-4-7-11-23)19-25(29)27-18-24-12-8-5-9-13-24/h4-13,16-17H,14-15,18-19H2,1-3H3,(H,27,29). The quantitative estimate of drug-likeness (QED) is 0.532. The van der Waals surface area contributed by atoms with E-state index in [0.29, 0.717) is 24.1 Å². The van der Waals surface area contributed by atoms with Crippen LogP contribution in [0.5, 0.6) is 0 Å². The Labute approximate surface area is 191 Å². The molecule has 0 aliphatic heterocycles. The maximum atomic E-state index is 13.7. The lowest BCUT2D eigenvalue weighted by Gasteiger charge is -2.24. The lowest BCUT2D eigenvalue weighted by molar-refractivity contribution is -0.121. The van der Waals surface area contributed by atoms with E-state index >= 15 is 0 Å². The summed E-state index contributed by atoms with van der Waals surface area (Å²) in [6.07, 6.45) is 0.524. The third-order valence-corrected chi connectivity index (χ3v) is 7.50. The fourth-order valence-corrected chi connectivity index (χ4v) is 5.71. The molecule has 1 N–H and O–H groups in total. The molecule has 0 unspecified atom stereocenters. The van der Waals surface area contributed by atoms with Gasteiger partial charge in [-0.3, -0.25) is 4.79 Å². The first kappa shape index (κ1) is 23.7. The van der Waals surface area contributed by atoms with Gasteiger partial charge in [0, 0.05) is 13.1 Å². The van der Waals surface area contributed by atoms with Crippen molar-refractivity contribution in [3.63, 3.8) is 0 Å². The minimum absolute atomic E-state index is 0.220. The molecule has 3 aromatic carbocycles. The average Bonchev–Trinajstić information content (AvgIpc) is 2.75. The molecule has 0 aliphatic carbocycles. The van der Waals surface area contributed by atoms with Crippen LogP contribution < -0.4 is 5.32 Å². The molecule has 0 saturated carbocycles. The lowest BCUT2D eigenvalue weighted by atomic mass is 10.1. The second kappa shape index (κ2) is 10.6. The van der Waals surface area contributed by atoms with Crippen LogP contribution in [0.3, 0.4) is 0 Å². The Morgan fingerprint density at radius 1 is 0.844 bits per heavy atom. The third kappa shape index (κ3) is 6.05. The van der Waals surface area contributed by atoms with Gasteiger partial charge >= 0.3 is 0 Å². The maximum Gasteiger partial charge on any atom is 0.244 e. The number of amides is 1. The molecule has 0 aromatic heterocycles. The largest absolute Gasteiger partial charge is 0.351 e. The Hall–Kier alpha value is -2.96. The molecule has 5 nitrogen and oxygen atoms in total. The molecule has 168 valence electrons. The monoisotopic (exact) mass is 450 g/mol. The van der Waals surface area contributed by atoms with E-state index in [1.165, 1.54) is 4.31 Å². The predicted molar refractivity (Wildman–Crippen MR) is 128 cm³/mol. The van der Waals surface area contributed by atoms with Crippen LogP contribution >= 0.6 is 0 Å². The number of carbonyl (C=O) groups is 1. The summed E-state index contributed by atoms with van der Waals surface area (Å²) < 4.78 is 28.6. The SMILES string of the molecule is Cc1cc(C)c(S(=O)(=O)N(CCc2ccccc2)CC(=O)NCc2ccccc2)c(C)c1. The van der Waals surface area contributed by atoms with Crippen LogP contribution in [0.4, 0.5) is 0 Å². The van der Waals surface area contributed by atoms with Crippen LogP contribution in [0.2, 0.25) is 0 Å². The predicted octanol–water partition coefficient (Wildman–Crippen LogP) is 4.16. The molecule has 1 amide bonds. The van der Waals surface area contributed by atoms with Crippen LogP contribution in [0.25, 0.3) is 0 Å². The molecule has 0 radical (unpaired) electrons. The Bertz CT molecular complexity index is 1140. The van der Waals surface area contributed by atoms with Crippen molar-refractivity contribution in [2.45, 2.75) is 38.6 Å². The summed E-state index contributed by atoms with van der Waals surface area (Å²) in [4.78, 5) is 13.0. The van der Waals surface area contributed by atoms with Crippen LogP contribution in [0.1, 0.15) is 27.8 Å². The van der Waals surface area contributed by atoms with E-state index in [-0.39, 0.29) is 23.9 Å². The van der Waals surface area contributed by atoms with Gasteiger partial charge in [-0.05, 0) is 49.4 Å². The number of carbonyl (C=O) groups excluding carboxylic acids is 1. The number of nitrogens with zero attached hydrogens (tertiary/aromatic N) is 1. The number of hydrogen-bond donors (Lipinski definition) is 1. The molecule has 0 aliphatic rings. The van der Waals surface area contributed by atoms with Crippen molar-refractivity contribution in [1.29, 1.82) is 0 Å². The first-order valence-corrected chi connectivity index (χ1v) is 12.1. The minimum Gasteiger partial charge on any atom is -0.351 e. The summed E-state index contributed by atoms with van der Waals surface area (Å²) in [5.74, 6) is -0.326. The first-order valence-electron chi connectivity index (χ1n) is 10.7. The van der Waals surface area contributed by atoms with Crippen molar-refractivity contribution in [3.8, 4) is 0 Å². The van der Waals surface area contributed by atoms with Gasteiger partial charge in [0.05, 0.1) is 11.4 Å². The first-order chi connectivity index (χ1) is 15.3. The number of hydrogen-bond acceptors (Lipinski definition) is 3. The molecule has 6 heteroatoms. The van der Waals surface area contributed by atoms with Crippen molar-refractivity contribution >= 4 is 15.9 Å². The maximum absolute atomic E-state index is 13.7. The van der Waals surface area contributed by atoms with E-state index in [1.807, 2.05) is 79.7 Å². The van der Waals surface area contributed by atoms with Gasteiger partial charge in [0.2, 0.25) is 15.9 Å². The van der Waals surface area contributed by atoms with Crippen molar-refractivity contribution in [2.24, 2.45) is 0 Å². The van der Waals surface area contributed by atoms with Gasteiger partial charge in [0.25, 0.3) is 0 Å². The molecule has 0 fully saturated rings. The van der Waals surface area contributed by atoms with Gasteiger partial charge in [0.1, 0.15) is 0 Å². The topological polar surface area (TPSA) is 66.5 Å². The number of aryl methyl sites for hydroxylation is 3. The zero-order chi connectivity index (χ0) is 23.1. The second-order valence-electron chi connectivity index (χ2n) is 8.06. The molecule has 0 spiro atoms. The van der Waals surface area contributed by atoms with E-state index < -0.39 is 10.0 Å². The fourth-order valence-electron chi connectivity index (χ4n) is 3.90. The number of sulfonamides is 1. The van der Waals surface area contributed by atoms with Crippen molar-refractivity contribution < 1.29 is 13.2 Å². The number of nitrogens with one attached hydrogen (secondary N) is 1. The summed E-state index contributed by atoms with van der Waals surface area (Å²) in [6, 6.07) is 23.0. The van der Waals surface area contributed by atoms with Crippen molar-refractivity contribution in [1.82, 2.24) is 9.62 Å². The molecule has 3 aromatic rings. The van der Waals surface area contributed by atoms with Gasteiger partial charge in [-0.15, -0.1) is 0 Å². The molecule has 32 heavy (non-hydrogen) atoms. The van der Waals surface area contributed by atoms with Gasteiger partial charge in [-0.1, -0.05) is 78.4 Å². The highest BCUT2D eigenvalue weighted by Crippen LogP contribution is 2.25. The van der Waals surface area contributed by atoms with Crippen molar-refractivity contribution in [2.75, 3.05) is 13.1 Å². The minimum atomic E-state index is -3.85. The summed E-state index contributed by atoms with van der Waals surface area (Å²) in [6.45, 7) is 5.90. The molecule has 0 heterocycles. The molecule has 0 atom stereocenters. The third-order valence-electron chi connectivity index (χ3n) is 5.35. The Kier molecular flexibility index (Phi) is 7.83. The summed E-state index contributed by atoms with van der Waals surface area (Å²) in [5, 5.41) is 2.84. The lowest BCUT2D eigenvalue weighted by Crippen LogP contribution is -2.42. The summed E-state index contributed by atoms with van der Waals surface area (Å²) >= 11 is 0. The molecule has 0 bridgehead atoms. The van der Waals surface area contributed by atoms with Crippen molar-refractivity contribution in [3.05, 3.63) is 101 Å². The second-order valence-corrected chi connectivity index (χ2v) is 9.94.